The second-order valence-electron chi connectivity index (χ2n) is 6.70. The number of hydrogen-bond acceptors (Lipinski definition) is 4. The fourth-order valence-corrected chi connectivity index (χ4v) is 4.06. The van der Waals surface area contributed by atoms with Crippen molar-refractivity contribution in [1.82, 2.24) is 15.0 Å². The Morgan fingerprint density at radius 1 is 1.46 bits per heavy atom. The normalized spacial score (nSPS) is 24.2. The minimum Gasteiger partial charge on any atom is -0.360 e. The van der Waals surface area contributed by atoms with Crippen LogP contribution in [0, 0.1) is 5.92 Å². The number of hydrogen-bond donors (Lipinski definition) is 0. The minimum atomic E-state index is 0.139. The number of nitrogens with zero attached hydrogens (tertiary/aromatic N) is 3. The molecule has 24 heavy (non-hydrogen) atoms. The fourth-order valence-electron chi connectivity index (χ4n) is 3.90. The summed E-state index contributed by atoms with van der Waals surface area (Å²) in [5, 5.41) is 3.94. The van der Waals surface area contributed by atoms with Crippen LogP contribution in [0.15, 0.2) is 10.6 Å². The molecule has 1 aromatic rings. The molecule has 0 spiro atoms. The molecule has 0 saturated carbocycles. The van der Waals surface area contributed by atoms with E-state index < -0.39 is 0 Å². The van der Waals surface area contributed by atoms with Gasteiger partial charge < -0.3 is 14.3 Å². The van der Waals surface area contributed by atoms with E-state index in [9.17, 15) is 9.59 Å². The molecular weight excluding hydrogens is 330 g/mol. The van der Waals surface area contributed by atoms with Crippen LogP contribution >= 0.6 is 11.6 Å². The molecule has 0 aliphatic carbocycles. The van der Waals surface area contributed by atoms with Crippen LogP contribution in [0.1, 0.15) is 44.8 Å². The highest BCUT2D eigenvalue weighted by Crippen LogP contribution is 2.31. The largest absolute Gasteiger partial charge is 0.360 e. The average Bonchev–Trinajstić information content (AvgIpc) is 3.00. The molecule has 1 aromatic heterocycles. The lowest BCUT2D eigenvalue weighted by Crippen LogP contribution is -2.57. The van der Waals surface area contributed by atoms with Crippen molar-refractivity contribution >= 4 is 23.4 Å². The summed E-state index contributed by atoms with van der Waals surface area (Å²) < 4.78 is 5.04. The summed E-state index contributed by atoms with van der Waals surface area (Å²) in [7, 11) is 0. The third-order valence-corrected chi connectivity index (χ3v) is 5.25. The lowest BCUT2D eigenvalue weighted by molar-refractivity contribution is -0.144. The maximum absolute atomic E-state index is 12.5. The topological polar surface area (TPSA) is 66.7 Å². The molecule has 2 fully saturated rings. The third kappa shape index (κ3) is 3.74. The van der Waals surface area contributed by atoms with Crippen molar-refractivity contribution in [3.8, 4) is 0 Å². The molecule has 6 nitrogen and oxygen atoms in total. The van der Waals surface area contributed by atoms with Gasteiger partial charge >= 0.3 is 0 Å². The van der Waals surface area contributed by atoms with Crippen molar-refractivity contribution in [1.29, 1.82) is 0 Å². The molecule has 2 aliphatic heterocycles. The smallest absolute Gasteiger partial charge is 0.223 e. The summed E-state index contributed by atoms with van der Waals surface area (Å²) in [4.78, 5) is 28.6. The van der Waals surface area contributed by atoms with Crippen molar-refractivity contribution in [3.63, 3.8) is 0 Å². The predicted octanol–water partition coefficient (Wildman–Crippen LogP) is 2.51. The van der Waals surface area contributed by atoms with Crippen LogP contribution in [-0.4, -0.2) is 52.4 Å². The third-order valence-electron chi connectivity index (χ3n) is 5.08. The van der Waals surface area contributed by atoms with Crippen LogP contribution in [0.3, 0.4) is 0 Å². The molecular formula is C17H24ClN3O3. The van der Waals surface area contributed by atoms with Crippen molar-refractivity contribution in [3.05, 3.63) is 17.0 Å². The minimum absolute atomic E-state index is 0.139. The standard InChI is InChI=1S/C17H24ClN3O3/c1-2-8-21-14-7-9-20(11-12(14)3-5-17(21)23)16(22)6-4-13-10-15(18)19-24-13/h10,12,14H,2-9,11H2,1H3/t12-,14+/m0/s1. The van der Waals surface area contributed by atoms with Gasteiger partial charge in [-0.1, -0.05) is 23.7 Å². The van der Waals surface area contributed by atoms with E-state index in [1.807, 2.05) is 9.80 Å². The fraction of sp³-hybridized carbons (Fsp3) is 0.706. The molecule has 0 N–H and O–H groups in total. The Labute approximate surface area is 147 Å². The number of likely N-dealkylation sites (tertiary alicyclic amines) is 2. The van der Waals surface area contributed by atoms with Crippen molar-refractivity contribution < 1.29 is 14.1 Å². The highest BCUT2D eigenvalue weighted by molar-refractivity contribution is 6.29. The van der Waals surface area contributed by atoms with Crippen LogP contribution < -0.4 is 0 Å². The Morgan fingerprint density at radius 3 is 3.00 bits per heavy atom. The molecule has 3 rings (SSSR count). The van der Waals surface area contributed by atoms with E-state index in [0.29, 0.717) is 42.1 Å². The lowest BCUT2D eigenvalue weighted by atomic mass is 9.83. The summed E-state index contributed by atoms with van der Waals surface area (Å²) in [5.41, 5.74) is 0. The molecule has 0 unspecified atom stereocenters. The van der Waals surface area contributed by atoms with Gasteiger partial charge in [0.05, 0.1) is 0 Å². The predicted molar refractivity (Wildman–Crippen MR) is 89.5 cm³/mol. The van der Waals surface area contributed by atoms with Gasteiger partial charge in [-0.15, -0.1) is 0 Å². The van der Waals surface area contributed by atoms with Gasteiger partial charge in [-0.05, 0) is 25.2 Å². The van der Waals surface area contributed by atoms with Crippen LogP contribution in [0.25, 0.3) is 0 Å². The van der Waals surface area contributed by atoms with E-state index in [0.717, 1.165) is 38.9 Å². The highest BCUT2D eigenvalue weighted by atomic mass is 35.5. The molecule has 2 amide bonds. The molecule has 2 saturated heterocycles. The number of carbonyl (C=O) groups excluding carboxylic acids is 2. The van der Waals surface area contributed by atoms with Crippen molar-refractivity contribution in [2.24, 2.45) is 5.92 Å². The van der Waals surface area contributed by atoms with Crippen LogP contribution in [0.5, 0.6) is 0 Å². The number of fused-ring (bicyclic) bond motifs is 1. The molecule has 0 radical (unpaired) electrons. The quantitative estimate of drug-likeness (QED) is 0.815. The van der Waals surface area contributed by atoms with Crippen LogP contribution in [0.4, 0.5) is 0 Å². The summed E-state index contributed by atoms with van der Waals surface area (Å²) in [6.07, 6.45) is 4.29. The zero-order valence-electron chi connectivity index (χ0n) is 14.0. The number of amides is 2. The van der Waals surface area contributed by atoms with Gasteiger partial charge in [-0.2, -0.15) is 0 Å². The van der Waals surface area contributed by atoms with Gasteiger partial charge in [-0.25, -0.2) is 0 Å². The molecule has 0 aromatic carbocycles. The number of carbonyl (C=O) groups is 2. The first-order valence-corrected chi connectivity index (χ1v) is 9.14. The molecule has 2 atom stereocenters. The van der Waals surface area contributed by atoms with E-state index in [2.05, 4.69) is 12.1 Å². The summed E-state index contributed by atoms with van der Waals surface area (Å²) >= 11 is 5.72. The lowest BCUT2D eigenvalue weighted by Gasteiger charge is -2.47. The van der Waals surface area contributed by atoms with E-state index in [1.165, 1.54) is 0 Å². The average molecular weight is 354 g/mol. The number of halogens is 1. The SMILES string of the molecule is CCCN1C(=O)CC[C@H]2CN(C(=O)CCc3cc(Cl)no3)CC[C@H]21. The second-order valence-corrected chi connectivity index (χ2v) is 7.08. The zero-order valence-corrected chi connectivity index (χ0v) is 14.8. The number of aryl methyl sites for hydroxylation is 1. The maximum Gasteiger partial charge on any atom is 0.223 e. The molecule has 7 heteroatoms. The molecule has 3 heterocycles. The Kier molecular flexibility index (Phi) is 5.43. The number of rotatable bonds is 5. The van der Waals surface area contributed by atoms with E-state index >= 15 is 0 Å². The van der Waals surface area contributed by atoms with E-state index in [4.69, 9.17) is 16.1 Å². The van der Waals surface area contributed by atoms with Crippen molar-refractivity contribution in [2.75, 3.05) is 19.6 Å². The maximum atomic E-state index is 12.5. The second kappa shape index (κ2) is 7.55. The summed E-state index contributed by atoms with van der Waals surface area (Å²) in [5.74, 6) is 1.47. The van der Waals surface area contributed by atoms with Crippen LogP contribution in [-0.2, 0) is 16.0 Å². The van der Waals surface area contributed by atoms with Gasteiger partial charge in [0.2, 0.25) is 11.8 Å². The molecule has 0 bridgehead atoms. The van der Waals surface area contributed by atoms with E-state index in [-0.39, 0.29) is 11.8 Å². The summed E-state index contributed by atoms with van der Waals surface area (Å²) in [6, 6.07) is 1.96. The monoisotopic (exact) mass is 353 g/mol. The van der Waals surface area contributed by atoms with Gasteiger partial charge in [0.25, 0.3) is 0 Å². The van der Waals surface area contributed by atoms with Gasteiger partial charge in [-0.3, -0.25) is 9.59 Å². The molecule has 2 aliphatic rings. The van der Waals surface area contributed by atoms with Gasteiger partial charge in [0, 0.05) is 51.0 Å². The Bertz CT molecular complexity index is 604. The Hall–Kier alpha value is -1.56. The zero-order chi connectivity index (χ0) is 17.1. The first-order chi connectivity index (χ1) is 11.6. The first kappa shape index (κ1) is 17.3. The highest BCUT2D eigenvalue weighted by Gasteiger charge is 2.39. The number of aromatic nitrogens is 1. The van der Waals surface area contributed by atoms with E-state index in [1.54, 1.807) is 6.07 Å². The molecule has 132 valence electrons. The Morgan fingerprint density at radius 2 is 2.29 bits per heavy atom. The van der Waals surface area contributed by atoms with Gasteiger partial charge in [0.1, 0.15) is 5.76 Å². The first-order valence-electron chi connectivity index (χ1n) is 8.76. The number of piperidine rings is 2. The summed E-state index contributed by atoms with van der Waals surface area (Å²) in [6.45, 7) is 4.42. The van der Waals surface area contributed by atoms with Gasteiger partial charge in [0.15, 0.2) is 5.15 Å². The Balaban J connectivity index is 1.54. The van der Waals surface area contributed by atoms with Crippen LogP contribution in [0.2, 0.25) is 5.15 Å². The van der Waals surface area contributed by atoms with Crippen molar-refractivity contribution in [2.45, 2.75) is 51.5 Å².